The van der Waals surface area contributed by atoms with Crippen LogP contribution in [-0.4, -0.2) is 27.9 Å². The van der Waals surface area contributed by atoms with Crippen molar-refractivity contribution in [3.05, 3.63) is 11.6 Å². The maximum atomic E-state index is 10.8. The van der Waals surface area contributed by atoms with Crippen molar-refractivity contribution in [2.24, 2.45) is 5.92 Å². The molecule has 0 aromatic heterocycles. The van der Waals surface area contributed by atoms with Crippen molar-refractivity contribution in [3.63, 3.8) is 0 Å². The van der Waals surface area contributed by atoms with E-state index in [4.69, 9.17) is 10.2 Å². The molecule has 0 rings (SSSR count). The third-order valence-electron chi connectivity index (χ3n) is 1.60. The topological polar surface area (TPSA) is 91.7 Å². The zero-order chi connectivity index (χ0) is 10.6. The van der Waals surface area contributed by atoms with Gasteiger partial charge in [-0.05, 0) is 6.92 Å². The Kier molecular flexibility index (Phi) is 3.84. The SMILES string of the molecule is CC(=O)C(C)/C(=C/C(=O)O)C(=O)O. The average molecular weight is 186 g/mol. The number of hydrogen-bond acceptors (Lipinski definition) is 3. The molecule has 5 nitrogen and oxygen atoms in total. The minimum absolute atomic E-state index is 0.380. The van der Waals surface area contributed by atoms with Gasteiger partial charge in [0.25, 0.3) is 0 Å². The summed E-state index contributed by atoms with van der Waals surface area (Å²) in [6.07, 6.45) is 0.536. The van der Waals surface area contributed by atoms with Crippen LogP contribution < -0.4 is 0 Å². The number of carboxylic acid groups (broad SMARTS) is 2. The van der Waals surface area contributed by atoms with Crippen LogP contribution in [0, 0.1) is 5.92 Å². The van der Waals surface area contributed by atoms with Crippen LogP contribution in [0.4, 0.5) is 0 Å². The number of aliphatic carboxylic acids is 2. The predicted octanol–water partition coefficient (Wildman–Crippen LogP) is 0.307. The van der Waals surface area contributed by atoms with Gasteiger partial charge in [-0.1, -0.05) is 6.92 Å². The maximum Gasteiger partial charge on any atom is 0.332 e. The smallest absolute Gasteiger partial charge is 0.332 e. The quantitative estimate of drug-likeness (QED) is 0.616. The highest BCUT2D eigenvalue weighted by Crippen LogP contribution is 2.11. The zero-order valence-corrected chi connectivity index (χ0v) is 7.27. The summed E-state index contributed by atoms with van der Waals surface area (Å²) in [4.78, 5) is 31.5. The Morgan fingerprint density at radius 3 is 1.92 bits per heavy atom. The van der Waals surface area contributed by atoms with Gasteiger partial charge in [0, 0.05) is 12.0 Å². The van der Waals surface area contributed by atoms with Gasteiger partial charge in [-0.25, -0.2) is 9.59 Å². The van der Waals surface area contributed by atoms with Crippen molar-refractivity contribution < 1.29 is 24.6 Å². The highest BCUT2D eigenvalue weighted by Gasteiger charge is 2.20. The molecule has 0 aliphatic heterocycles. The number of ketones is 1. The molecule has 13 heavy (non-hydrogen) atoms. The van der Waals surface area contributed by atoms with E-state index in [0.717, 1.165) is 0 Å². The van der Waals surface area contributed by atoms with E-state index < -0.39 is 23.4 Å². The molecule has 1 unspecified atom stereocenters. The van der Waals surface area contributed by atoms with Gasteiger partial charge in [0.05, 0.1) is 5.57 Å². The lowest BCUT2D eigenvalue weighted by Crippen LogP contribution is -2.17. The number of carbonyl (C=O) groups excluding carboxylic acids is 1. The van der Waals surface area contributed by atoms with Gasteiger partial charge in [0.1, 0.15) is 5.78 Å². The summed E-state index contributed by atoms with van der Waals surface area (Å²) in [6, 6.07) is 0. The molecular formula is C8H10O5. The first-order valence-electron chi connectivity index (χ1n) is 3.54. The molecule has 0 fully saturated rings. The Morgan fingerprint density at radius 1 is 1.23 bits per heavy atom. The summed E-state index contributed by atoms with van der Waals surface area (Å²) in [5.74, 6) is -4.03. The summed E-state index contributed by atoms with van der Waals surface area (Å²) in [7, 11) is 0. The number of rotatable bonds is 4. The second kappa shape index (κ2) is 4.39. The van der Waals surface area contributed by atoms with Crippen molar-refractivity contribution >= 4 is 17.7 Å². The van der Waals surface area contributed by atoms with Crippen molar-refractivity contribution in [2.45, 2.75) is 13.8 Å². The van der Waals surface area contributed by atoms with E-state index in [1.165, 1.54) is 13.8 Å². The fourth-order valence-corrected chi connectivity index (χ4v) is 0.724. The molecule has 0 heterocycles. The first-order valence-corrected chi connectivity index (χ1v) is 3.54. The third kappa shape index (κ3) is 3.50. The standard InChI is InChI=1S/C8H10O5/c1-4(5(2)9)6(8(12)13)3-7(10)11/h3-4H,1-2H3,(H,10,11)(H,12,13)/b6-3-. The average Bonchev–Trinajstić information content (AvgIpc) is 1.97. The van der Waals surface area contributed by atoms with Gasteiger partial charge < -0.3 is 10.2 Å². The highest BCUT2D eigenvalue weighted by molar-refractivity contribution is 6.00. The fourth-order valence-electron chi connectivity index (χ4n) is 0.724. The van der Waals surface area contributed by atoms with Crippen LogP contribution in [0.3, 0.4) is 0 Å². The third-order valence-corrected chi connectivity index (χ3v) is 1.60. The van der Waals surface area contributed by atoms with Crippen LogP contribution >= 0.6 is 0 Å². The molecule has 0 aromatic carbocycles. The zero-order valence-electron chi connectivity index (χ0n) is 7.27. The number of carboxylic acids is 2. The van der Waals surface area contributed by atoms with Crippen LogP contribution in [0.15, 0.2) is 11.6 Å². The molecule has 0 saturated carbocycles. The lowest BCUT2D eigenvalue weighted by molar-refractivity contribution is -0.136. The Balaban J connectivity index is 4.93. The molecule has 0 bridgehead atoms. The lowest BCUT2D eigenvalue weighted by atomic mass is 9.97. The minimum atomic E-state index is -1.38. The Labute approximate surface area is 74.7 Å². The Morgan fingerprint density at radius 2 is 1.69 bits per heavy atom. The molecule has 0 aliphatic rings. The molecular weight excluding hydrogens is 176 g/mol. The van der Waals surface area contributed by atoms with Gasteiger partial charge in [0.15, 0.2) is 0 Å². The van der Waals surface area contributed by atoms with Crippen LogP contribution in [0.1, 0.15) is 13.8 Å². The van der Waals surface area contributed by atoms with E-state index >= 15 is 0 Å². The monoisotopic (exact) mass is 186 g/mol. The molecule has 5 heteroatoms. The molecule has 2 N–H and O–H groups in total. The van der Waals surface area contributed by atoms with Gasteiger partial charge in [-0.15, -0.1) is 0 Å². The van der Waals surface area contributed by atoms with Crippen molar-refractivity contribution in [3.8, 4) is 0 Å². The first kappa shape index (κ1) is 11.4. The normalized spacial score (nSPS) is 13.5. The fraction of sp³-hybridized carbons (Fsp3) is 0.375. The number of Topliss-reactive ketones (excluding diaryl/α,β-unsaturated/α-hetero) is 1. The van der Waals surface area contributed by atoms with Gasteiger partial charge in [-0.2, -0.15) is 0 Å². The largest absolute Gasteiger partial charge is 0.478 e. The number of carbonyl (C=O) groups is 3. The van der Waals surface area contributed by atoms with Crippen molar-refractivity contribution in [1.29, 1.82) is 0 Å². The van der Waals surface area contributed by atoms with Crippen LogP contribution in [0.2, 0.25) is 0 Å². The van der Waals surface area contributed by atoms with Gasteiger partial charge in [-0.3, -0.25) is 4.79 Å². The summed E-state index contributed by atoms with van der Waals surface area (Å²) < 4.78 is 0. The van der Waals surface area contributed by atoms with E-state index in [2.05, 4.69) is 0 Å². The van der Waals surface area contributed by atoms with E-state index in [0.29, 0.717) is 6.08 Å². The molecule has 72 valence electrons. The van der Waals surface area contributed by atoms with Crippen molar-refractivity contribution in [1.82, 2.24) is 0 Å². The highest BCUT2D eigenvalue weighted by atomic mass is 16.4. The second-order valence-corrected chi connectivity index (χ2v) is 2.58. The van der Waals surface area contributed by atoms with E-state index in [-0.39, 0.29) is 5.78 Å². The summed E-state index contributed by atoms with van der Waals surface area (Å²) >= 11 is 0. The molecule has 0 spiro atoms. The van der Waals surface area contributed by atoms with E-state index in [1.807, 2.05) is 0 Å². The maximum absolute atomic E-state index is 10.8. The molecule has 0 saturated heterocycles. The van der Waals surface area contributed by atoms with Gasteiger partial charge in [0.2, 0.25) is 0 Å². The molecule has 1 atom stereocenters. The van der Waals surface area contributed by atoms with Gasteiger partial charge >= 0.3 is 11.9 Å². The van der Waals surface area contributed by atoms with E-state index in [1.54, 1.807) is 0 Å². The lowest BCUT2D eigenvalue weighted by Gasteiger charge is -2.06. The van der Waals surface area contributed by atoms with Crippen LogP contribution in [0.25, 0.3) is 0 Å². The summed E-state index contributed by atoms with van der Waals surface area (Å²) in [5, 5.41) is 16.9. The minimum Gasteiger partial charge on any atom is -0.478 e. The number of hydrogen-bond donors (Lipinski definition) is 2. The van der Waals surface area contributed by atoms with Crippen LogP contribution in [-0.2, 0) is 14.4 Å². The molecule has 0 amide bonds. The second-order valence-electron chi connectivity index (χ2n) is 2.58. The summed E-state index contributed by atoms with van der Waals surface area (Å²) in [6.45, 7) is 2.56. The van der Waals surface area contributed by atoms with E-state index in [9.17, 15) is 14.4 Å². The predicted molar refractivity (Wildman–Crippen MR) is 43.2 cm³/mol. The molecule has 0 aromatic rings. The Bertz CT molecular complexity index is 276. The first-order chi connectivity index (χ1) is 5.86. The van der Waals surface area contributed by atoms with Crippen LogP contribution in [0.5, 0.6) is 0 Å². The van der Waals surface area contributed by atoms with Crippen molar-refractivity contribution in [2.75, 3.05) is 0 Å². The summed E-state index contributed by atoms with van der Waals surface area (Å²) in [5.41, 5.74) is -0.403. The Hall–Kier alpha value is -1.65. The molecule has 0 aliphatic carbocycles. The molecule has 0 radical (unpaired) electrons.